The van der Waals surface area contributed by atoms with Crippen molar-refractivity contribution in [2.75, 3.05) is 13.1 Å². The van der Waals surface area contributed by atoms with Crippen LogP contribution in [0.25, 0.3) is 0 Å². The summed E-state index contributed by atoms with van der Waals surface area (Å²) in [5.74, 6) is 2.03. The van der Waals surface area contributed by atoms with Gasteiger partial charge < -0.3 is 15.4 Å². The summed E-state index contributed by atoms with van der Waals surface area (Å²) in [7, 11) is 0. The quantitative estimate of drug-likeness (QED) is 0.885. The molecule has 1 heterocycles. The fourth-order valence-corrected chi connectivity index (χ4v) is 3.10. The Balaban J connectivity index is 1.60. The van der Waals surface area contributed by atoms with E-state index >= 15 is 0 Å². The maximum Gasteiger partial charge on any atom is 0.251 e. The Kier molecular flexibility index (Phi) is 5.16. The molecule has 1 saturated heterocycles. The fraction of sp³-hybridized carbons (Fsp3) is 0.350. The summed E-state index contributed by atoms with van der Waals surface area (Å²) in [5.41, 5.74) is 1.62. The first kappa shape index (κ1) is 16.5. The van der Waals surface area contributed by atoms with Crippen molar-refractivity contribution in [2.24, 2.45) is 5.92 Å². The van der Waals surface area contributed by atoms with Crippen LogP contribution >= 0.6 is 0 Å². The molecule has 0 bridgehead atoms. The third kappa shape index (κ3) is 4.15. The van der Waals surface area contributed by atoms with Gasteiger partial charge in [0.1, 0.15) is 11.5 Å². The van der Waals surface area contributed by atoms with Crippen molar-refractivity contribution in [1.82, 2.24) is 10.6 Å². The summed E-state index contributed by atoms with van der Waals surface area (Å²) in [4.78, 5) is 12.4. The van der Waals surface area contributed by atoms with Gasteiger partial charge in [-0.15, -0.1) is 0 Å². The lowest BCUT2D eigenvalue weighted by atomic mass is 10.1. The van der Waals surface area contributed by atoms with Crippen molar-refractivity contribution in [1.29, 1.82) is 0 Å². The second-order valence-electron chi connectivity index (χ2n) is 6.51. The van der Waals surface area contributed by atoms with Crippen LogP contribution < -0.4 is 15.4 Å². The van der Waals surface area contributed by atoms with Crippen LogP contribution in [0.4, 0.5) is 0 Å². The summed E-state index contributed by atoms with van der Waals surface area (Å²) < 4.78 is 5.81. The van der Waals surface area contributed by atoms with Crippen LogP contribution in [-0.2, 0) is 0 Å². The Morgan fingerprint density at radius 2 is 2.00 bits per heavy atom. The molecule has 0 spiro atoms. The summed E-state index contributed by atoms with van der Waals surface area (Å²) in [5, 5.41) is 6.46. The predicted octanol–water partition coefficient (Wildman–Crippen LogP) is 3.52. The van der Waals surface area contributed by atoms with E-state index in [9.17, 15) is 4.79 Å². The van der Waals surface area contributed by atoms with E-state index in [4.69, 9.17) is 4.74 Å². The highest BCUT2D eigenvalue weighted by atomic mass is 16.5. The normalized spacial score (nSPS) is 19.9. The molecule has 3 rings (SSSR count). The molecule has 2 aromatic carbocycles. The highest BCUT2D eigenvalue weighted by molar-refractivity contribution is 5.95. The highest BCUT2D eigenvalue weighted by Gasteiger charge is 2.21. The zero-order chi connectivity index (χ0) is 16.9. The first-order chi connectivity index (χ1) is 11.6. The number of amides is 1. The van der Waals surface area contributed by atoms with E-state index in [1.54, 1.807) is 0 Å². The number of nitrogens with one attached hydrogen (secondary N) is 2. The van der Waals surface area contributed by atoms with Crippen molar-refractivity contribution >= 4 is 5.91 Å². The molecule has 4 nitrogen and oxygen atoms in total. The number of para-hydroxylation sites is 1. The standard InChI is InChI=1S/C20H24N2O2/c1-14-10-18(24-17-6-4-3-5-7-17)8-9-19(14)20(23)22-13-16-11-15(2)21-12-16/h3-10,15-16,21H,11-13H2,1-2H3,(H,22,23). The minimum absolute atomic E-state index is 0.0154. The van der Waals surface area contributed by atoms with Gasteiger partial charge >= 0.3 is 0 Å². The molecule has 1 fully saturated rings. The van der Waals surface area contributed by atoms with Gasteiger partial charge in [0.2, 0.25) is 0 Å². The second kappa shape index (κ2) is 7.49. The van der Waals surface area contributed by atoms with Crippen molar-refractivity contribution in [2.45, 2.75) is 26.3 Å². The van der Waals surface area contributed by atoms with Gasteiger partial charge in [-0.25, -0.2) is 0 Å². The number of carbonyl (C=O) groups excluding carboxylic acids is 1. The second-order valence-corrected chi connectivity index (χ2v) is 6.51. The van der Waals surface area contributed by atoms with Crippen molar-refractivity contribution in [3.05, 3.63) is 59.7 Å². The number of rotatable bonds is 5. The van der Waals surface area contributed by atoms with Gasteiger partial charge in [0.05, 0.1) is 0 Å². The number of ether oxygens (including phenoxy) is 1. The molecule has 1 amide bonds. The lowest BCUT2D eigenvalue weighted by Gasteiger charge is -2.13. The van der Waals surface area contributed by atoms with E-state index in [0.29, 0.717) is 17.5 Å². The lowest BCUT2D eigenvalue weighted by molar-refractivity contribution is 0.0947. The third-order valence-corrected chi connectivity index (χ3v) is 4.41. The maximum atomic E-state index is 12.4. The van der Waals surface area contributed by atoms with E-state index in [-0.39, 0.29) is 5.91 Å². The molecule has 0 aromatic heterocycles. The number of aryl methyl sites for hydroxylation is 1. The molecule has 0 aliphatic carbocycles. The molecule has 2 aromatic rings. The van der Waals surface area contributed by atoms with Gasteiger partial charge in [-0.3, -0.25) is 4.79 Å². The van der Waals surface area contributed by atoms with Crippen LogP contribution in [0.15, 0.2) is 48.5 Å². The van der Waals surface area contributed by atoms with E-state index in [0.717, 1.165) is 36.6 Å². The van der Waals surface area contributed by atoms with E-state index in [2.05, 4.69) is 17.6 Å². The van der Waals surface area contributed by atoms with Gasteiger partial charge in [0, 0.05) is 18.2 Å². The minimum Gasteiger partial charge on any atom is -0.457 e. The molecule has 24 heavy (non-hydrogen) atoms. The number of carbonyl (C=O) groups is 1. The zero-order valence-electron chi connectivity index (χ0n) is 14.2. The van der Waals surface area contributed by atoms with Gasteiger partial charge in [-0.2, -0.15) is 0 Å². The Morgan fingerprint density at radius 1 is 1.21 bits per heavy atom. The van der Waals surface area contributed by atoms with Crippen LogP contribution in [-0.4, -0.2) is 25.0 Å². The average molecular weight is 324 g/mol. The third-order valence-electron chi connectivity index (χ3n) is 4.41. The highest BCUT2D eigenvalue weighted by Crippen LogP contribution is 2.23. The largest absolute Gasteiger partial charge is 0.457 e. The van der Waals surface area contributed by atoms with Gasteiger partial charge in [0.15, 0.2) is 0 Å². The molecule has 126 valence electrons. The number of hydrogen-bond donors (Lipinski definition) is 2. The Morgan fingerprint density at radius 3 is 2.67 bits per heavy atom. The summed E-state index contributed by atoms with van der Waals surface area (Å²) >= 11 is 0. The van der Waals surface area contributed by atoms with E-state index in [1.807, 2.05) is 55.5 Å². The zero-order valence-corrected chi connectivity index (χ0v) is 14.2. The van der Waals surface area contributed by atoms with Crippen LogP contribution in [0, 0.1) is 12.8 Å². The molecule has 2 N–H and O–H groups in total. The molecule has 1 aliphatic heterocycles. The number of hydrogen-bond acceptors (Lipinski definition) is 3. The lowest BCUT2D eigenvalue weighted by Crippen LogP contribution is -2.30. The Hall–Kier alpha value is -2.33. The Labute approximate surface area is 143 Å². The molecular weight excluding hydrogens is 300 g/mol. The maximum absolute atomic E-state index is 12.4. The average Bonchev–Trinajstić information content (AvgIpc) is 2.99. The molecule has 2 unspecified atom stereocenters. The van der Waals surface area contributed by atoms with Crippen LogP contribution in [0.3, 0.4) is 0 Å². The van der Waals surface area contributed by atoms with Gasteiger partial charge in [0.25, 0.3) is 5.91 Å². The minimum atomic E-state index is -0.0154. The van der Waals surface area contributed by atoms with Crippen LogP contribution in [0.2, 0.25) is 0 Å². The predicted molar refractivity (Wildman–Crippen MR) is 95.6 cm³/mol. The van der Waals surface area contributed by atoms with Crippen molar-refractivity contribution in [3.63, 3.8) is 0 Å². The van der Waals surface area contributed by atoms with Crippen molar-refractivity contribution in [3.8, 4) is 11.5 Å². The molecule has 2 atom stereocenters. The molecular formula is C20H24N2O2. The molecule has 0 radical (unpaired) electrons. The van der Waals surface area contributed by atoms with Crippen LogP contribution in [0.1, 0.15) is 29.3 Å². The van der Waals surface area contributed by atoms with E-state index < -0.39 is 0 Å². The van der Waals surface area contributed by atoms with Crippen molar-refractivity contribution < 1.29 is 9.53 Å². The van der Waals surface area contributed by atoms with Crippen LogP contribution in [0.5, 0.6) is 11.5 Å². The summed E-state index contributed by atoms with van der Waals surface area (Å²) in [6.07, 6.45) is 1.11. The monoisotopic (exact) mass is 324 g/mol. The Bertz CT molecular complexity index is 700. The van der Waals surface area contributed by atoms with E-state index in [1.165, 1.54) is 0 Å². The molecule has 0 saturated carbocycles. The molecule has 4 heteroatoms. The number of benzene rings is 2. The van der Waals surface area contributed by atoms with Gasteiger partial charge in [-0.05, 0) is 68.6 Å². The fourth-order valence-electron chi connectivity index (χ4n) is 3.10. The summed E-state index contributed by atoms with van der Waals surface area (Å²) in [6.45, 7) is 5.81. The SMILES string of the molecule is Cc1cc(Oc2ccccc2)ccc1C(=O)NCC1CNC(C)C1. The first-order valence-electron chi connectivity index (χ1n) is 8.47. The topological polar surface area (TPSA) is 50.4 Å². The van der Waals surface area contributed by atoms with Gasteiger partial charge in [-0.1, -0.05) is 18.2 Å². The smallest absolute Gasteiger partial charge is 0.251 e. The molecule has 1 aliphatic rings. The first-order valence-corrected chi connectivity index (χ1v) is 8.47. The summed E-state index contributed by atoms with van der Waals surface area (Å²) in [6, 6.07) is 15.8.